The zero-order valence-corrected chi connectivity index (χ0v) is 22.8. The predicted molar refractivity (Wildman–Crippen MR) is 143 cm³/mol. The van der Waals surface area contributed by atoms with Crippen molar-refractivity contribution < 1.29 is 14.3 Å². The van der Waals surface area contributed by atoms with Crippen LogP contribution < -0.4 is 20.1 Å². The van der Waals surface area contributed by atoms with E-state index in [1.807, 2.05) is 33.0 Å². The molecule has 0 bridgehead atoms. The van der Waals surface area contributed by atoms with Crippen molar-refractivity contribution in [3.63, 3.8) is 0 Å². The Hall–Kier alpha value is -1.75. The second kappa shape index (κ2) is 13.8. The summed E-state index contributed by atoms with van der Waals surface area (Å²) in [5.41, 5.74) is 1.10. The van der Waals surface area contributed by atoms with Gasteiger partial charge in [-0.1, -0.05) is 0 Å². The van der Waals surface area contributed by atoms with Crippen LogP contribution in [0.3, 0.4) is 0 Å². The first kappa shape index (κ1) is 27.5. The van der Waals surface area contributed by atoms with E-state index in [-0.39, 0.29) is 35.9 Å². The third-order valence-corrected chi connectivity index (χ3v) is 6.01. The van der Waals surface area contributed by atoms with Crippen LogP contribution in [0.4, 0.5) is 0 Å². The average Bonchev–Trinajstić information content (AvgIpc) is 3.28. The Kier molecular flexibility index (Phi) is 11.5. The SMILES string of the molecule is CN=C(NCc1ccc(OC)cc1OC1CCCC1)N1CCN(CC(=O)NC(C)C)CC1.I. The van der Waals surface area contributed by atoms with Gasteiger partial charge in [0.15, 0.2) is 5.96 Å². The summed E-state index contributed by atoms with van der Waals surface area (Å²) in [5, 5.41) is 6.46. The van der Waals surface area contributed by atoms with E-state index in [9.17, 15) is 4.79 Å². The van der Waals surface area contributed by atoms with Crippen LogP contribution in [0.1, 0.15) is 45.1 Å². The van der Waals surface area contributed by atoms with Crippen LogP contribution in [0.15, 0.2) is 23.2 Å². The minimum Gasteiger partial charge on any atom is -0.497 e. The van der Waals surface area contributed by atoms with Gasteiger partial charge in [0.05, 0.1) is 19.8 Å². The molecule has 1 aliphatic heterocycles. The summed E-state index contributed by atoms with van der Waals surface area (Å²) < 4.78 is 11.7. The number of nitrogens with one attached hydrogen (secondary N) is 2. The summed E-state index contributed by atoms with van der Waals surface area (Å²) in [7, 11) is 3.50. The smallest absolute Gasteiger partial charge is 0.234 e. The summed E-state index contributed by atoms with van der Waals surface area (Å²) in [6.45, 7) is 8.40. The van der Waals surface area contributed by atoms with Crippen molar-refractivity contribution in [3.05, 3.63) is 23.8 Å². The molecule has 9 heteroatoms. The lowest BCUT2D eigenvalue weighted by atomic mass is 10.1. The number of carbonyl (C=O) groups excluding carboxylic acids is 1. The van der Waals surface area contributed by atoms with Crippen LogP contribution in [-0.2, 0) is 11.3 Å². The highest BCUT2D eigenvalue weighted by atomic mass is 127. The maximum absolute atomic E-state index is 12.0. The molecule has 0 spiro atoms. The lowest BCUT2D eigenvalue weighted by molar-refractivity contribution is -0.123. The quantitative estimate of drug-likeness (QED) is 0.283. The number of halogens is 1. The molecule has 2 fully saturated rings. The van der Waals surface area contributed by atoms with Gasteiger partial charge < -0.3 is 25.0 Å². The Labute approximate surface area is 215 Å². The maximum Gasteiger partial charge on any atom is 0.234 e. The average molecular weight is 574 g/mol. The Bertz CT molecular complexity index is 775. The fraction of sp³-hybridized carbons (Fsp3) is 0.667. The van der Waals surface area contributed by atoms with E-state index in [0.717, 1.165) is 62.0 Å². The number of rotatable bonds is 8. The Morgan fingerprint density at radius 1 is 1.18 bits per heavy atom. The molecule has 1 saturated carbocycles. The number of guanidine groups is 1. The summed E-state index contributed by atoms with van der Waals surface area (Å²) in [6.07, 6.45) is 5.00. The molecule has 33 heavy (non-hydrogen) atoms. The van der Waals surface area contributed by atoms with Crippen LogP contribution in [-0.4, -0.2) is 80.7 Å². The van der Waals surface area contributed by atoms with Gasteiger partial charge in [-0.25, -0.2) is 0 Å². The van der Waals surface area contributed by atoms with Crippen molar-refractivity contribution in [3.8, 4) is 11.5 Å². The van der Waals surface area contributed by atoms with E-state index >= 15 is 0 Å². The molecule has 8 nitrogen and oxygen atoms in total. The predicted octanol–water partition coefficient (Wildman–Crippen LogP) is 2.85. The summed E-state index contributed by atoms with van der Waals surface area (Å²) in [4.78, 5) is 21.0. The number of nitrogens with zero attached hydrogens (tertiary/aromatic N) is 3. The highest BCUT2D eigenvalue weighted by molar-refractivity contribution is 14.0. The van der Waals surface area contributed by atoms with Crippen LogP contribution in [0.25, 0.3) is 0 Å². The zero-order chi connectivity index (χ0) is 22.9. The molecule has 2 aliphatic rings. The van der Waals surface area contributed by atoms with Gasteiger partial charge in [-0.2, -0.15) is 0 Å². The number of hydrogen-bond donors (Lipinski definition) is 2. The topological polar surface area (TPSA) is 78.4 Å². The molecule has 1 amide bonds. The van der Waals surface area contributed by atoms with E-state index in [2.05, 4.69) is 31.5 Å². The van der Waals surface area contributed by atoms with Crippen molar-refractivity contribution >= 4 is 35.8 Å². The van der Waals surface area contributed by atoms with Gasteiger partial charge in [-0.3, -0.25) is 14.7 Å². The lowest BCUT2D eigenvalue weighted by Crippen LogP contribution is -2.54. The highest BCUT2D eigenvalue weighted by Gasteiger charge is 2.22. The van der Waals surface area contributed by atoms with E-state index in [4.69, 9.17) is 9.47 Å². The van der Waals surface area contributed by atoms with Gasteiger partial charge in [-0.15, -0.1) is 24.0 Å². The van der Waals surface area contributed by atoms with Crippen molar-refractivity contribution in [1.29, 1.82) is 0 Å². The van der Waals surface area contributed by atoms with Crippen molar-refractivity contribution in [2.45, 2.75) is 58.2 Å². The second-order valence-electron chi connectivity index (χ2n) is 8.88. The molecule has 1 aromatic carbocycles. The first-order valence-electron chi connectivity index (χ1n) is 11.8. The molecule has 0 atom stereocenters. The third-order valence-electron chi connectivity index (χ3n) is 6.01. The molecular weight excluding hydrogens is 533 g/mol. The minimum absolute atomic E-state index is 0. The lowest BCUT2D eigenvalue weighted by Gasteiger charge is -2.36. The monoisotopic (exact) mass is 573 g/mol. The van der Waals surface area contributed by atoms with Crippen LogP contribution in [0.5, 0.6) is 11.5 Å². The maximum atomic E-state index is 12.0. The largest absolute Gasteiger partial charge is 0.497 e. The molecule has 1 aliphatic carbocycles. The second-order valence-corrected chi connectivity index (χ2v) is 8.88. The summed E-state index contributed by atoms with van der Waals surface area (Å²) in [6, 6.07) is 6.20. The van der Waals surface area contributed by atoms with Gasteiger partial charge in [0.1, 0.15) is 11.5 Å². The summed E-state index contributed by atoms with van der Waals surface area (Å²) >= 11 is 0. The number of carbonyl (C=O) groups is 1. The van der Waals surface area contributed by atoms with Crippen molar-refractivity contribution in [2.24, 2.45) is 4.99 Å². The standard InChI is InChI=1S/C24H39N5O3.HI/c1-18(2)27-23(30)17-28-11-13-29(14-12-28)24(25-3)26-16-19-9-10-21(31-4)15-22(19)32-20-7-5-6-8-20;/h9-10,15,18,20H,5-8,11-14,16-17H2,1-4H3,(H,25,26)(H,27,30);1H. The summed E-state index contributed by atoms with van der Waals surface area (Å²) in [5.74, 6) is 2.66. The molecule has 3 rings (SSSR count). The number of piperazine rings is 1. The minimum atomic E-state index is 0. The molecule has 0 unspecified atom stereocenters. The molecule has 1 aromatic rings. The molecule has 0 radical (unpaired) electrons. The highest BCUT2D eigenvalue weighted by Crippen LogP contribution is 2.30. The first-order chi connectivity index (χ1) is 15.5. The van der Waals surface area contributed by atoms with E-state index in [1.165, 1.54) is 12.8 Å². The van der Waals surface area contributed by atoms with E-state index < -0.39 is 0 Å². The molecule has 1 heterocycles. The third kappa shape index (κ3) is 8.51. The molecule has 186 valence electrons. The number of ether oxygens (including phenoxy) is 2. The molecular formula is C24H40IN5O3. The number of amides is 1. The molecule has 0 aromatic heterocycles. The molecule has 1 saturated heterocycles. The van der Waals surface area contributed by atoms with Gasteiger partial charge >= 0.3 is 0 Å². The van der Waals surface area contributed by atoms with Gasteiger partial charge in [-0.05, 0) is 51.7 Å². The van der Waals surface area contributed by atoms with Crippen molar-refractivity contribution in [2.75, 3.05) is 46.9 Å². The fourth-order valence-corrected chi connectivity index (χ4v) is 4.30. The zero-order valence-electron chi connectivity index (χ0n) is 20.4. The number of hydrogen-bond acceptors (Lipinski definition) is 5. The van der Waals surface area contributed by atoms with Gasteiger partial charge in [0.25, 0.3) is 0 Å². The van der Waals surface area contributed by atoms with E-state index in [1.54, 1.807) is 7.11 Å². The Morgan fingerprint density at radius 2 is 1.88 bits per heavy atom. The molecule has 2 N–H and O–H groups in total. The number of benzene rings is 1. The Morgan fingerprint density at radius 3 is 2.48 bits per heavy atom. The van der Waals surface area contributed by atoms with E-state index in [0.29, 0.717) is 19.2 Å². The van der Waals surface area contributed by atoms with Gasteiger partial charge in [0.2, 0.25) is 5.91 Å². The van der Waals surface area contributed by atoms with Crippen LogP contribution >= 0.6 is 24.0 Å². The van der Waals surface area contributed by atoms with Crippen LogP contribution in [0, 0.1) is 0 Å². The fourth-order valence-electron chi connectivity index (χ4n) is 4.30. The number of methoxy groups -OCH3 is 1. The normalized spacial score (nSPS) is 17.6. The van der Waals surface area contributed by atoms with Crippen molar-refractivity contribution in [1.82, 2.24) is 20.4 Å². The van der Waals surface area contributed by atoms with Gasteiger partial charge in [0, 0.05) is 57.4 Å². The van der Waals surface area contributed by atoms with Crippen LogP contribution in [0.2, 0.25) is 0 Å². The Balaban J connectivity index is 0.00000385. The first-order valence-corrected chi connectivity index (χ1v) is 11.8. The number of aliphatic imine (C=N–C) groups is 1.